The zero-order valence-electron chi connectivity index (χ0n) is 14.2. The van der Waals surface area contributed by atoms with Crippen molar-refractivity contribution in [3.8, 4) is 6.08 Å². The van der Waals surface area contributed by atoms with Gasteiger partial charge in [-0.1, -0.05) is 52.4 Å². The van der Waals surface area contributed by atoms with Gasteiger partial charge in [-0.2, -0.15) is 4.98 Å². The van der Waals surface area contributed by atoms with Crippen molar-refractivity contribution in [3.63, 3.8) is 0 Å². The molecule has 0 aliphatic rings. The quantitative estimate of drug-likeness (QED) is 0.520. The highest BCUT2D eigenvalue weighted by molar-refractivity contribution is 7.16. The fraction of sp³-hybridized carbons (Fsp3) is 0.667. The monoisotopic (exact) mass is 337 g/mol. The zero-order chi connectivity index (χ0) is 16.5. The third-order valence-corrected chi connectivity index (χ3v) is 4.87. The van der Waals surface area contributed by atoms with E-state index in [2.05, 4.69) is 18.8 Å². The van der Waals surface area contributed by atoms with Crippen LogP contribution in [0.1, 0.15) is 70.8 Å². The molecule has 0 spiro atoms. The van der Waals surface area contributed by atoms with E-state index in [-0.39, 0.29) is 11.7 Å². The van der Waals surface area contributed by atoms with E-state index in [0.29, 0.717) is 12.0 Å². The van der Waals surface area contributed by atoms with Crippen LogP contribution in [0.5, 0.6) is 6.08 Å². The molecule has 0 saturated carbocycles. The number of fused-ring (bicyclic) bond motifs is 1. The summed E-state index contributed by atoms with van der Waals surface area (Å²) >= 11 is 1.49. The molecule has 23 heavy (non-hydrogen) atoms. The number of aromatic nitrogens is 1. The van der Waals surface area contributed by atoms with Gasteiger partial charge in [0.05, 0.1) is 6.61 Å². The minimum atomic E-state index is -0.319. The number of unbranched alkanes of at least 4 members (excludes halogenated alkanes) is 6. The van der Waals surface area contributed by atoms with Crippen LogP contribution < -0.4 is 10.4 Å². The first-order valence-corrected chi connectivity index (χ1v) is 9.68. The molecule has 5 heteroatoms. The summed E-state index contributed by atoms with van der Waals surface area (Å²) < 4.78 is 10.8. The van der Waals surface area contributed by atoms with Crippen LogP contribution in [-0.4, -0.2) is 11.6 Å². The van der Waals surface area contributed by atoms with Gasteiger partial charge >= 0.3 is 11.7 Å². The van der Waals surface area contributed by atoms with Gasteiger partial charge in [0, 0.05) is 0 Å². The molecule has 0 aliphatic heterocycles. The van der Waals surface area contributed by atoms with Crippen LogP contribution in [0.15, 0.2) is 14.6 Å². The standard InChI is InChI=1S/C18H27NO3S/c1-3-5-7-8-9-10-12-21-18-19-16-15(17(20)22-18)14(13-23-16)11-6-4-2/h13H,3-12H2,1-2H3. The topological polar surface area (TPSA) is 52.3 Å². The summed E-state index contributed by atoms with van der Waals surface area (Å²) in [7, 11) is 0. The van der Waals surface area contributed by atoms with Crippen LogP contribution in [0.2, 0.25) is 0 Å². The number of hydrogen-bond donors (Lipinski definition) is 0. The molecule has 0 aliphatic carbocycles. The normalized spacial score (nSPS) is 11.2. The molecule has 2 rings (SSSR count). The van der Waals surface area contributed by atoms with E-state index < -0.39 is 0 Å². The van der Waals surface area contributed by atoms with Gasteiger partial charge < -0.3 is 9.15 Å². The maximum absolute atomic E-state index is 12.2. The Balaban J connectivity index is 1.89. The van der Waals surface area contributed by atoms with Crippen molar-refractivity contribution in [2.75, 3.05) is 6.61 Å². The van der Waals surface area contributed by atoms with E-state index >= 15 is 0 Å². The Bertz CT molecular complexity index is 647. The Kier molecular flexibility index (Phi) is 7.59. The lowest BCUT2D eigenvalue weighted by Gasteiger charge is -2.04. The maximum atomic E-state index is 12.2. The Labute approximate surface area is 141 Å². The first-order valence-electron chi connectivity index (χ1n) is 8.80. The van der Waals surface area contributed by atoms with E-state index in [0.717, 1.165) is 42.5 Å². The largest absolute Gasteiger partial charge is 0.450 e. The average molecular weight is 337 g/mol. The SMILES string of the molecule is CCCCCCCCOc1nc2scc(CCCC)c2c(=O)o1. The molecule has 0 unspecified atom stereocenters. The fourth-order valence-corrected chi connectivity index (χ4v) is 3.52. The van der Waals surface area contributed by atoms with E-state index in [9.17, 15) is 4.79 Å². The number of nitrogens with zero attached hydrogens (tertiary/aromatic N) is 1. The van der Waals surface area contributed by atoms with Crippen molar-refractivity contribution in [1.29, 1.82) is 0 Å². The van der Waals surface area contributed by atoms with Crippen LogP contribution in [0.3, 0.4) is 0 Å². The van der Waals surface area contributed by atoms with Crippen molar-refractivity contribution in [2.24, 2.45) is 0 Å². The summed E-state index contributed by atoms with van der Waals surface area (Å²) in [5.41, 5.74) is 0.732. The van der Waals surface area contributed by atoms with E-state index in [4.69, 9.17) is 9.15 Å². The molecule has 4 nitrogen and oxygen atoms in total. The predicted molar refractivity (Wildman–Crippen MR) is 95.6 cm³/mol. The predicted octanol–water partition coefficient (Wildman–Crippen LogP) is 5.33. The molecular formula is C18H27NO3S. The lowest BCUT2D eigenvalue weighted by Crippen LogP contribution is -2.06. The third-order valence-electron chi connectivity index (χ3n) is 3.95. The molecule has 2 aromatic rings. The minimum absolute atomic E-state index is 0.111. The van der Waals surface area contributed by atoms with E-state index in [1.54, 1.807) is 0 Å². The Morgan fingerprint density at radius 3 is 2.61 bits per heavy atom. The Hall–Kier alpha value is -1.36. The van der Waals surface area contributed by atoms with Crippen LogP contribution in [0, 0.1) is 0 Å². The summed E-state index contributed by atoms with van der Waals surface area (Å²) in [6.07, 6.45) is 10.4. The highest BCUT2D eigenvalue weighted by atomic mass is 32.1. The molecule has 0 N–H and O–H groups in total. The molecule has 2 heterocycles. The number of aryl methyl sites for hydroxylation is 1. The van der Waals surface area contributed by atoms with Gasteiger partial charge in [-0.05, 0) is 30.2 Å². The van der Waals surface area contributed by atoms with Crippen molar-refractivity contribution < 1.29 is 9.15 Å². The van der Waals surface area contributed by atoms with Crippen molar-refractivity contribution in [3.05, 3.63) is 21.4 Å². The second-order valence-corrected chi connectivity index (χ2v) is 6.79. The van der Waals surface area contributed by atoms with Gasteiger partial charge in [0.1, 0.15) is 10.2 Å². The highest BCUT2D eigenvalue weighted by Gasteiger charge is 2.13. The average Bonchev–Trinajstić information content (AvgIpc) is 2.95. The molecular weight excluding hydrogens is 310 g/mol. The van der Waals surface area contributed by atoms with Gasteiger partial charge in [-0.25, -0.2) is 4.79 Å². The summed E-state index contributed by atoms with van der Waals surface area (Å²) in [5, 5.41) is 2.65. The van der Waals surface area contributed by atoms with Crippen LogP contribution in [0.25, 0.3) is 10.2 Å². The number of rotatable bonds is 11. The molecule has 2 aromatic heterocycles. The number of thiophene rings is 1. The molecule has 0 atom stereocenters. The molecule has 0 saturated heterocycles. The molecule has 0 radical (unpaired) electrons. The molecule has 128 valence electrons. The van der Waals surface area contributed by atoms with Gasteiger partial charge in [0.15, 0.2) is 0 Å². The number of ether oxygens (including phenoxy) is 1. The lowest BCUT2D eigenvalue weighted by atomic mass is 10.1. The van der Waals surface area contributed by atoms with E-state index in [1.807, 2.05) is 5.38 Å². The second kappa shape index (κ2) is 9.71. The van der Waals surface area contributed by atoms with Crippen molar-refractivity contribution in [2.45, 2.75) is 71.6 Å². The smallest absolute Gasteiger partial charge is 0.397 e. The summed E-state index contributed by atoms with van der Waals surface area (Å²) in [6, 6.07) is 0. The van der Waals surface area contributed by atoms with Gasteiger partial charge in [-0.3, -0.25) is 0 Å². The summed E-state index contributed by atoms with van der Waals surface area (Å²) in [4.78, 5) is 17.2. The Morgan fingerprint density at radius 1 is 1.09 bits per heavy atom. The molecule has 0 amide bonds. The molecule has 0 bridgehead atoms. The molecule has 0 aromatic carbocycles. The van der Waals surface area contributed by atoms with Crippen molar-refractivity contribution in [1.82, 2.24) is 4.98 Å². The zero-order valence-corrected chi connectivity index (χ0v) is 15.0. The van der Waals surface area contributed by atoms with Gasteiger partial charge in [0.2, 0.25) is 0 Å². The van der Waals surface area contributed by atoms with Gasteiger partial charge in [0.25, 0.3) is 0 Å². The summed E-state index contributed by atoms with van der Waals surface area (Å²) in [5.74, 6) is 0. The third kappa shape index (κ3) is 5.34. The van der Waals surface area contributed by atoms with Crippen LogP contribution >= 0.6 is 11.3 Å². The lowest BCUT2D eigenvalue weighted by molar-refractivity contribution is 0.211. The highest BCUT2D eigenvalue weighted by Crippen LogP contribution is 2.24. The van der Waals surface area contributed by atoms with Crippen LogP contribution in [0.4, 0.5) is 0 Å². The number of hydrogen-bond acceptors (Lipinski definition) is 5. The van der Waals surface area contributed by atoms with Gasteiger partial charge in [-0.15, -0.1) is 11.3 Å². The minimum Gasteiger partial charge on any atom is -0.450 e. The van der Waals surface area contributed by atoms with Crippen LogP contribution in [-0.2, 0) is 6.42 Å². The first kappa shape index (κ1) is 18.0. The van der Waals surface area contributed by atoms with Crippen molar-refractivity contribution >= 4 is 21.6 Å². The summed E-state index contributed by atoms with van der Waals surface area (Å²) in [6.45, 7) is 4.91. The van der Waals surface area contributed by atoms with E-state index in [1.165, 1.54) is 37.0 Å². The molecule has 0 fully saturated rings. The fourth-order valence-electron chi connectivity index (χ4n) is 2.57. The second-order valence-electron chi connectivity index (χ2n) is 5.93. The first-order chi connectivity index (χ1) is 11.3. The Morgan fingerprint density at radius 2 is 1.83 bits per heavy atom. The maximum Gasteiger partial charge on any atom is 0.397 e.